The van der Waals surface area contributed by atoms with Crippen LogP contribution in [0.1, 0.15) is 76.7 Å². The maximum absolute atomic E-state index is 14.0. The van der Waals surface area contributed by atoms with E-state index in [-0.39, 0.29) is 41.1 Å². The van der Waals surface area contributed by atoms with E-state index in [1.165, 1.54) is 25.2 Å². The van der Waals surface area contributed by atoms with Crippen LogP contribution in [-0.2, 0) is 32.6 Å². The first kappa shape index (κ1) is 44.5. The van der Waals surface area contributed by atoms with E-state index < -0.39 is 46.0 Å². The smallest absolute Gasteiger partial charge is 0.251 e. The number of carbonyl (C=O) groups excluding carboxylic acids is 4. The molecule has 0 spiro atoms. The molecule has 12 nitrogen and oxygen atoms in total. The van der Waals surface area contributed by atoms with E-state index in [1.807, 2.05) is 81.4 Å². The first-order valence-electron chi connectivity index (χ1n) is 18.8. The third-order valence-corrected chi connectivity index (χ3v) is 11.0. The second kappa shape index (κ2) is 20.3. The summed E-state index contributed by atoms with van der Waals surface area (Å²) in [6.07, 6.45) is 1.41. The highest BCUT2D eigenvalue weighted by Crippen LogP contribution is 2.23. The number of hydrogen-bond acceptors (Lipinski definition) is 7. The molecule has 4 atom stereocenters. The maximum Gasteiger partial charge on any atom is 0.251 e. The van der Waals surface area contributed by atoms with Crippen LogP contribution < -0.4 is 30.9 Å². The zero-order chi connectivity index (χ0) is 41.9. The lowest BCUT2D eigenvalue weighted by molar-refractivity contribution is -0.131. The molecule has 14 heteroatoms. The van der Waals surface area contributed by atoms with Crippen LogP contribution in [0.4, 0.5) is 5.69 Å². The fraction of sp³-hybridized carbons (Fsp3) is 0.349. The van der Waals surface area contributed by atoms with E-state index in [2.05, 4.69) is 26.6 Å². The van der Waals surface area contributed by atoms with Gasteiger partial charge in [0.05, 0.1) is 24.0 Å². The minimum atomic E-state index is -3.76. The number of benzene rings is 4. The van der Waals surface area contributed by atoms with E-state index in [1.54, 1.807) is 32.0 Å². The van der Waals surface area contributed by atoms with Crippen molar-refractivity contribution >= 4 is 50.9 Å². The van der Waals surface area contributed by atoms with Crippen molar-refractivity contribution in [3.63, 3.8) is 0 Å². The zero-order valence-corrected chi connectivity index (χ0v) is 35.0. The number of anilines is 1. The Kier molecular flexibility index (Phi) is 15.8. The molecule has 4 rings (SSSR count). The molecule has 4 amide bonds. The van der Waals surface area contributed by atoms with Crippen molar-refractivity contribution < 1.29 is 27.6 Å². The molecule has 0 aliphatic carbocycles. The lowest BCUT2D eigenvalue weighted by Crippen LogP contribution is -2.55. The molecule has 0 aromatic heterocycles. The number of nitrogens with one attached hydrogen (secondary N) is 5. The molecular weight excluding hydrogens is 764 g/mol. The van der Waals surface area contributed by atoms with Crippen molar-refractivity contribution in [2.24, 2.45) is 5.92 Å². The van der Waals surface area contributed by atoms with Crippen molar-refractivity contribution in [3.8, 4) is 0 Å². The molecule has 0 saturated heterocycles. The van der Waals surface area contributed by atoms with Gasteiger partial charge in [-0.2, -0.15) is 0 Å². The summed E-state index contributed by atoms with van der Waals surface area (Å²) in [5.41, 5.74) is 4.01. The summed E-state index contributed by atoms with van der Waals surface area (Å²) in [4.78, 5) is 54.2. The second-order valence-corrected chi connectivity index (χ2v) is 17.1. The number of hydrogen-bond donors (Lipinski definition) is 5. The number of carbonyl (C=O) groups is 4. The van der Waals surface area contributed by atoms with Crippen molar-refractivity contribution in [2.45, 2.75) is 71.8 Å². The average molecular weight is 817 g/mol. The Bertz CT molecular complexity index is 2130. The molecule has 0 bridgehead atoms. The van der Waals surface area contributed by atoms with Crippen LogP contribution in [0.25, 0.3) is 0 Å². The second-order valence-electron chi connectivity index (χ2n) is 14.7. The van der Waals surface area contributed by atoms with Crippen molar-refractivity contribution in [1.82, 2.24) is 26.6 Å². The summed E-state index contributed by atoms with van der Waals surface area (Å²) >= 11 is 6.16. The fourth-order valence-corrected chi connectivity index (χ4v) is 6.64. The minimum absolute atomic E-state index is 0.0591. The molecule has 4 aromatic rings. The molecule has 4 aromatic carbocycles. The Morgan fingerprint density at radius 2 is 1.37 bits per heavy atom. The van der Waals surface area contributed by atoms with Gasteiger partial charge in [0.1, 0.15) is 6.04 Å². The summed E-state index contributed by atoms with van der Waals surface area (Å²) in [5, 5.41) is 15.4. The quantitative estimate of drug-likeness (QED) is 0.0908. The summed E-state index contributed by atoms with van der Waals surface area (Å²) in [7, 11) is -2.41. The Morgan fingerprint density at radius 3 is 1.96 bits per heavy atom. The van der Waals surface area contributed by atoms with E-state index in [4.69, 9.17) is 11.6 Å². The van der Waals surface area contributed by atoms with E-state index in [0.29, 0.717) is 18.0 Å². The van der Waals surface area contributed by atoms with Gasteiger partial charge in [-0.25, -0.2) is 8.42 Å². The van der Waals surface area contributed by atoms with Gasteiger partial charge in [-0.05, 0) is 80.1 Å². The SMILES string of the molecule is Cc1ccc(CNC(=O)[C@@H](NC(=O)[C@H](C)NC[C@H](Cc2ccccc2)NC(=O)c2cc(C(=O)N[C@H](C)c3cccc(Cl)c3)cc(N(C)S(C)(=O)=O)c2)C(C)C)cc1. The first-order chi connectivity index (χ1) is 26.9. The largest absolute Gasteiger partial charge is 0.350 e. The van der Waals surface area contributed by atoms with Crippen LogP contribution in [0.3, 0.4) is 0 Å². The highest BCUT2D eigenvalue weighted by molar-refractivity contribution is 7.92. The molecule has 304 valence electrons. The van der Waals surface area contributed by atoms with Gasteiger partial charge in [-0.15, -0.1) is 0 Å². The molecule has 0 radical (unpaired) electrons. The van der Waals surface area contributed by atoms with Crippen LogP contribution >= 0.6 is 11.6 Å². The van der Waals surface area contributed by atoms with Crippen LogP contribution in [0.15, 0.2) is 97.1 Å². The molecule has 0 aliphatic rings. The Labute approximate surface area is 341 Å². The molecule has 0 heterocycles. The van der Waals surface area contributed by atoms with Gasteiger partial charge >= 0.3 is 0 Å². The van der Waals surface area contributed by atoms with Crippen LogP contribution in [0.5, 0.6) is 0 Å². The summed E-state index contributed by atoms with van der Waals surface area (Å²) in [5.74, 6) is -1.94. The molecule has 0 fully saturated rings. The summed E-state index contributed by atoms with van der Waals surface area (Å²) in [6, 6.07) is 26.1. The van der Waals surface area contributed by atoms with Crippen LogP contribution in [0.2, 0.25) is 5.02 Å². The number of halogens is 1. The van der Waals surface area contributed by atoms with Gasteiger partial charge in [-0.3, -0.25) is 23.5 Å². The molecule has 0 aliphatic heterocycles. The van der Waals surface area contributed by atoms with Gasteiger partial charge in [-0.1, -0.05) is 97.7 Å². The Balaban J connectivity index is 1.51. The maximum atomic E-state index is 14.0. The predicted molar refractivity (Wildman–Crippen MR) is 226 cm³/mol. The number of nitrogens with zero attached hydrogens (tertiary/aromatic N) is 1. The van der Waals surface area contributed by atoms with Gasteiger partial charge in [0, 0.05) is 42.3 Å². The van der Waals surface area contributed by atoms with Crippen molar-refractivity contribution in [2.75, 3.05) is 24.2 Å². The number of amides is 4. The van der Waals surface area contributed by atoms with Gasteiger partial charge in [0.15, 0.2) is 0 Å². The zero-order valence-electron chi connectivity index (χ0n) is 33.4. The van der Waals surface area contributed by atoms with Crippen LogP contribution in [-0.4, -0.2) is 70.0 Å². The van der Waals surface area contributed by atoms with Gasteiger partial charge < -0.3 is 26.6 Å². The molecule has 57 heavy (non-hydrogen) atoms. The third kappa shape index (κ3) is 13.4. The van der Waals surface area contributed by atoms with Gasteiger partial charge in [0.25, 0.3) is 11.8 Å². The monoisotopic (exact) mass is 816 g/mol. The lowest BCUT2D eigenvalue weighted by Gasteiger charge is -2.26. The predicted octanol–water partition coefficient (Wildman–Crippen LogP) is 5.31. The fourth-order valence-electron chi connectivity index (χ4n) is 5.96. The minimum Gasteiger partial charge on any atom is -0.350 e. The molecule has 5 N–H and O–H groups in total. The Hall–Kier alpha value is -5.24. The lowest BCUT2D eigenvalue weighted by atomic mass is 10.0. The normalized spacial score (nSPS) is 13.5. The third-order valence-electron chi connectivity index (χ3n) is 9.56. The highest BCUT2D eigenvalue weighted by Gasteiger charge is 2.27. The summed E-state index contributed by atoms with van der Waals surface area (Å²) < 4.78 is 26.1. The van der Waals surface area contributed by atoms with Gasteiger partial charge in [0.2, 0.25) is 21.8 Å². The molecule has 0 saturated carbocycles. The summed E-state index contributed by atoms with van der Waals surface area (Å²) in [6.45, 7) is 9.66. The molecular formula is C43H53ClN6O6S. The first-order valence-corrected chi connectivity index (χ1v) is 21.0. The number of aryl methyl sites for hydroxylation is 1. The highest BCUT2D eigenvalue weighted by atomic mass is 35.5. The molecule has 0 unspecified atom stereocenters. The number of rotatable bonds is 18. The van der Waals surface area contributed by atoms with E-state index in [0.717, 1.165) is 32.8 Å². The topological polar surface area (TPSA) is 166 Å². The van der Waals surface area contributed by atoms with Crippen molar-refractivity contribution in [3.05, 3.63) is 135 Å². The standard InChI is InChI=1S/C43H53ClN6O6S/c1-27(2)39(43(54)46-25-32-18-16-28(3)17-19-32)49-40(51)30(5)45-26-37(20-31-12-9-8-10-13-31)48-42(53)35-21-34(23-38(24-35)50(6)57(7,55)56)41(52)47-29(4)33-14-11-15-36(44)22-33/h8-19,21-24,27,29-30,37,39,45H,20,25-26H2,1-7H3,(H,46,54)(H,47,52)(H,48,53)(H,49,51)/t29-,30+,37+,39+/m1/s1. The van der Waals surface area contributed by atoms with Crippen LogP contribution in [0, 0.1) is 12.8 Å². The van der Waals surface area contributed by atoms with Crippen molar-refractivity contribution in [1.29, 1.82) is 0 Å². The number of sulfonamides is 1. The van der Waals surface area contributed by atoms with E-state index >= 15 is 0 Å². The average Bonchev–Trinajstić information content (AvgIpc) is 3.17. The Morgan fingerprint density at radius 1 is 0.737 bits per heavy atom. The van der Waals surface area contributed by atoms with E-state index in [9.17, 15) is 27.6 Å².